The highest BCUT2D eigenvalue weighted by Gasteiger charge is 2.43. The highest BCUT2D eigenvalue weighted by molar-refractivity contribution is 7.92. The topological polar surface area (TPSA) is 64.6 Å². The van der Waals surface area contributed by atoms with Gasteiger partial charge in [0.2, 0.25) is 0 Å². The number of alkyl halides is 2. The van der Waals surface area contributed by atoms with Crippen molar-refractivity contribution in [2.24, 2.45) is 0 Å². The van der Waals surface area contributed by atoms with Crippen LogP contribution in [-0.4, -0.2) is 14.7 Å². The van der Waals surface area contributed by atoms with Crippen LogP contribution in [0.2, 0.25) is 5.02 Å². The summed E-state index contributed by atoms with van der Waals surface area (Å²) in [5.74, 6) is -1.24. The number of hydrogen-bond donors (Lipinski definition) is 1. The van der Waals surface area contributed by atoms with Gasteiger partial charge in [-0.05, 0) is 30.3 Å². The summed E-state index contributed by atoms with van der Waals surface area (Å²) in [6.45, 7) is 0. The van der Waals surface area contributed by atoms with E-state index in [9.17, 15) is 21.6 Å². The van der Waals surface area contributed by atoms with Crippen molar-refractivity contribution in [2.75, 3.05) is 4.72 Å². The highest BCUT2D eigenvalue weighted by atomic mass is 35.5. The molecule has 122 valence electrons. The Morgan fingerprint density at radius 1 is 1.04 bits per heavy atom. The molecule has 0 aliphatic carbocycles. The summed E-state index contributed by atoms with van der Waals surface area (Å²) < 4.78 is 73.8. The fraction of sp³-hybridized carbons (Fsp3) is 0.0769. The minimum atomic E-state index is -4.14. The van der Waals surface area contributed by atoms with E-state index in [2.05, 4.69) is 14.2 Å². The molecule has 0 spiro atoms. The van der Waals surface area contributed by atoms with Crippen molar-refractivity contribution < 1.29 is 31.1 Å². The molecule has 3 rings (SSSR count). The average Bonchev–Trinajstić information content (AvgIpc) is 2.70. The first-order chi connectivity index (χ1) is 10.7. The predicted octanol–water partition coefficient (Wildman–Crippen LogP) is 3.60. The molecule has 1 heterocycles. The first-order valence-electron chi connectivity index (χ1n) is 6.04. The van der Waals surface area contributed by atoms with Crippen LogP contribution in [0.1, 0.15) is 0 Å². The lowest BCUT2D eigenvalue weighted by Gasteiger charge is -2.10. The average molecular weight is 366 g/mol. The summed E-state index contributed by atoms with van der Waals surface area (Å²) in [7, 11) is -4.14. The smallest absolute Gasteiger partial charge is 0.395 e. The van der Waals surface area contributed by atoms with E-state index in [1.165, 1.54) is 6.07 Å². The van der Waals surface area contributed by atoms with Crippen LogP contribution in [0.3, 0.4) is 0 Å². The quantitative estimate of drug-likeness (QED) is 0.902. The molecule has 1 aliphatic rings. The van der Waals surface area contributed by atoms with Gasteiger partial charge < -0.3 is 9.47 Å². The third-order valence-corrected chi connectivity index (χ3v) is 4.70. The molecule has 1 aliphatic heterocycles. The maximum atomic E-state index is 13.0. The molecule has 0 aromatic heterocycles. The molecule has 0 unspecified atom stereocenters. The van der Waals surface area contributed by atoms with Crippen molar-refractivity contribution >= 4 is 27.3 Å². The van der Waals surface area contributed by atoms with E-state index in [1.807, 2.05) is 0 Å². The van der Waals surface area contributed by atoms with Crippen molar-refractivity contribution in [2.45, 2.75) is 11.2 Å². The summed E-state index contributed by atoms with van der Waals surface area (Å²) >= 11 is 5.71. The van der Waals surface area contributed by atoms with E-state index in [-0.39, 0.29) is 27.1 Å². The molecule has 0 radical (unpaired) electrons. The minimum absolute atomic E-state index is 0.0505. The molecular weight excluding hydrogens is 359 g/mol. The van der Waals surface area contributed by atoms with Crippen LogP contribution in [0.4, 0.5) is 18.9 Å². The zero-order valence-electron chi connectivity index (χ0n) is 11.0. The van der Waals surface area contributed by atoms with E-state index in [0.717, 1.165) is 30.3 Å². The van der Waals surface area contributed by atoms with Gasteiger partial charge in [-0.3, -0.25) is 4.72 Å². The third-order valence-electron chi connectivity index (χ3n) is 2.84. The van der Waals surface area contributed by atoms with Gasteiger partial charge in [0.05, 0.1) is 10.7 Å². The number of hydrogen-bond acceptors (Lipinski definition) is 4. The second kappa shape index (κ2) is 5.20. The first kappa shape index (κ1) is 15.8. The lowest BCUT2D eigenvalue weighted by Crippen LogP contribution is -2.25. The molecule has 2 aromatic carbocycles. The van der Waals surface area contributed by atoms with Crippen LogP contribution in [0.15, 0.2) is 41.3 Å². The Morgan fingerprint density at radius 3 is 2.43 bits per heavy atom. The van der Waals surface area contributed by atoms with Crippen molar-refractivity contribution in [3.63, 3.8) is 0 Å². The Balaban J connectivity index is 1.90. The minimum Gasteiger partial charge on any atom is -0.395 e. The monoisotopic (exact) mass is 365 g/mol. The Hall–Kier alpha value is -2.13. The van der Waals surface area contributed by atoms with Crippen LogP contribution in [-0.2, 0) is 10.0 Å². The molecule has 0 amide bonds. The van der Waals surface area contributed by atoms with Crippen LogP contribution >= 0.6 is 11.6 Å². The SMILES string of the molecule is O=S(=O)(Nc1ccc2c(c1)OC(F)(F)O2)c1ccc(F)cc1Cl. The van der Waals surface area contributed by atoms with Gasteiger partial charge in [0.25, 0.3) is 10.0 Å². The Kier molecular flexibility index (Phi) is 3.56. The van der Waals surface area contributed by atoms with Crippen molar-refractivity contribution in [1.82, 2.24) is 0 Å². The Bertz CT molecular complexity index is 889. The Labute approximate surface area is 133 Å². The standard InChI is InChI=1S/C13H7ClF3NO4S/c14-9-5-7(15)1-4-12(9)23(19,20)18-8-2-3-10-11(6-8)22-13(16,17)21-10/h1-6,18H. The second-order valence-electron chi connectivity index (χ2n) is 4.51. The van der Waals surface area contributed by atoms with E-state index in [1.54, 1.807) is 0 Å². The molecule has 10 heteroatoms. The lowest BCUT2D eigenvalue weighted by atomic mass is 10.3. The van der Waals surface area contributed by atoms with Crippen molar-refractivity contribution in [1.29, 1.82) is 0 Å². The molecule has 5 nitrogen and oxygen atoms in total. The first-order valence-corrected chi connectivity index (χ1v) is 7.90. The van der Waals surface area contributed by atoms with E-state index >= 15 is 0 Å². The van der Waals surface area contributed by atoms with Crippen LogP contribution in [0.5, 0.6) is 11.5 Å². The molecule has 0 saturated heterocycles. The van der Waals surface area contributed by atoms with Gasteiger partial charge in [0.15, 0.2) is 11.5 Å². The maximum absolute atomic E-state index is 13.0. The van der Waals surface area contributed by atoms with Gasteiger partial charge in [0.1, 0.15) is 10.7 Å². The number of benzene rings is 2. The summed E-state index contributed by atoms with van der Waals surface area (Å²) in [5, 5.41) is -0.315. The van der Waals surface area contributed by atoms with E-state index in [4.69, 9.17) is 11.6 Å². The van der Waals surface area contributed by atoms with Crippen molar-refractivity contribution in [3.05, 3.63) is 47.2 Å². The molecule has 23 heavy (non-hydrogen) atoms. The van der Waals surface area contributed by atoms with Gasteiger partial charge in [-0.25, -0.2) is 12.8 Å². The van der Waals surface area contributed by atoms with Gasteiger partial charge in [-0.2, -0.15) is 0 Å². The number of rotatable bonds is 3. The molecule has 0 bridgehead atoms. The molecule has 1 N–H and O–H groups in total. The molecule has 0 saturated carbocycles. The number of ether oxygens (including phenoxy) is 2. The third kappa shape index (κ3) is 3.15. The molecule has 0 fully saturated rings. The van der Waals surface area contributed by atoms with Gasteiger partial charge in [-0.1, -0.05) is 11.6 Å². The zero-order chi connectivity index (χ0) is 16.8. The molecular formula is C13H7ClF3NO4S. The fourth-order valence-electron chi connectivity index (χ4n) is 1.92. The predicted molar refractivity (Wildman–Crippen MR) is 74.9 cm³/mol. The van der Waals surface area contributed by atoms with Crippen LogP contribution in [0, 0.1) is 5.82 Å². The summed E-state index contributed by atoms with van der Waals surface area (Å²) in [5.41, 5.74) is -0.0505. The zero-order valence-corrected chi connectivity index (χ0v) is 12.6. The summed E-state index contributed by atoms with van der Waals surface area (Å²) in [6.07, 6.45) is -3.81. The number of fused-ring (bicyclic) bond motifs is 1. The largest absolute Gasteiger partial charge is 0.586 e. The second-order valence-corrected chi connectivity index (χ2v) is 6.57. The number of sulfonamides is 1. The van der Waals surface area contributed by atoms with Crippen LogP contribution < -0.4 is 14.2 Å². The van der Waals surface area contributed by atoms with Crippen LogP contribution in [0.25, 0.3) is 0 Å². The maximum Gasteiger partial charge on any atom is 0.586 e. The number of halogens is 4. The normalized spacial score (nSPS) is 15.5. The highest BCUT2D eigenvalue weighted by Crippen LogP contribution is 2.42. The van der Waals surface area contributed by atoms with E-state index in [0.29, 0.717) is 0 Å². The van der Waals surface area contributed by atoms with E-state index < -0.39 is 22.1 Å². The Morgan fingerprint density at radius 2 is 1.74 bits per heavy atom. The number of nitrogens with one attached hydrogen (secondary N) is 1. The molecule has 0 atom stereocenters. The summed E-state index contributed by atoms with van der Waals surface area (Å²) in [6, 6.07) is 6.13. The lowest BCUT2D eigenvalue weighted by molar-refractivity contribution is -0.286. The van der Waals surface area contributed by atoms with Crippen molar-refractivity contribution in [3.8, 4) is 11.5 Å². The van der Waals surface area contributed by atoms with Gasteiger partial charge in [0, 0.05) is 6.07 Å². The summed E-state index contributed by atoms with van der Waals surface area (Å²) in [4.78, 5) is -0.358. The number of anilines is 1. The fourth-order valence-corrected chi connectivity index (χ4v) is 3.50. The molecule has 2 aromatic rings. The van der Waals surface area contributed by atoms with Gasteiger partial charge >= 0.3 is 6.29 Å². The van der Waals surface area contributed by atoms with Gasteiger partial charge in [-0.15, -0.1) is 8.78 Å².